The van der Waals surface area contributed by atoms with Crippen LogP contribution in [0.25, 0.3) is 34.1 Å². The minimum atomic E-state index is -0.335. The van der Waals surface area contributed by atoms with E-state index in [0.717, 1.165) is 16.7 Å². The molecule has 0 amide bonds. The number of fused-ring (bicyclic) bond motifs is 1. The van der Waals surface area contributed by atoms with Crippen molar-refractivity contribution in [2.24, 2.45) is 0 Å². The van der Waals surface area contributed by atoms with Gasteiger partial charge in [-0.25, -0.2) is 14.4 Å². The van der Waals surface area contributed by atoms with Crippen LogP contribution in [-0.4, -0.2) is 20.2 Å². The molecule has 5 aromatic rings. The van der Waals surface area contributed by atoms with Gasteiger partial charge in [0, 0.05) is 10.9 Å². The molecule has 8 heteroatoms. The fraction of sp³-hybridized carbons (Fsp3) is 0.0476. The summed E-state index contributed by atoms with van der Waals surface area (Å²) in [6.45, 7) is 0.470. The van der Waals surface area contributed by atoms with Gasteiger partial charge in [0.25, 0.3) is 5.89 Å². The Morgan fingerprint density at radius 3 is 2.52 bits per heavy atom. The first-order chi connectivity index (χ1) is 14.3. The largest absolute Gasteiger partial charge is 0.467 e. The Labute approximate surface area is 164 Å². The van der Waals surface area contributed by atoms with Crippen LogP contribution < -0.4 is 5.32 Å². The predicted octanol–water partition coefficient (Wildman–Crippen LogP) is 4.69. The number of nitrogens with zero attached hydrogens (tertiary/aromatic N) is 4. The van der Waals surface area contributed by atoms with E-state index < -0.39 is 0 Å². The van der Waals surface area contributed by atoms with Crippen LogP contribution in [0.5, 0.6) is 0 Å². The molecule has 0 fully saturated rings. The highest BCUT2D eigenvalue weighted by Gasteiger charge is 2.16. The summed E-state index contributed by atoms with van der Waals surface area (Å²) < 4.78 is 24.2. The molecule has 0 saturated heterocycles. The molecule has 1 N–H and O–H groups in total. The number of nitrogens with one attached hydrogen (secondary N) is 1. The van der Waals surface area contributed by atoms with Crippen molar-refractivity contribution in [3.8, 4) is 23.2 Å². The maximum atomic E-state index is 13.1. The SMILES string of the molecule is Fc1ccc(-c2nnc(-c3nc(NCc4ccco4)c4ccccc4n3)o2)cc1. The van der Waals surface area contributed by atoms with E-state index >= 15 is 0 Å². The van der Waals surface area contributed by atoms with Gasteiger partial charge in [0.15, 0.2) is 0 Å². The highest BCUT2D eigenvalue weighted by atomic mass is 19.1. The second kappa shape index (κ2) is 7.16. The summed E-state index contributed by atoms with van der Waals surface area (Å²) in [6.07, 6.45) is 1.62. The summed E-state index contributed by atoms with van der Waals surface area (Å²) in [7, 11) is 0. The van der Waals surface area contributed by atoms with Gasteiger partial charge in [0.05, 0.1) is 18.3 Å². The lowest BCUT2D eigenvalue weighted by atomic mass is 10.2. The van der Waals surface area contributed by atoms with Crippen LogP contribution >= 0.6 is 0 Å². The molecule has 7 nitrogen and oxygen atoms in total. The molecule has 0 aliphatic heterocycles. The molecule has 142 valence electrons. The average Bonchev–Trinajstić information content (AvgIpc) is 3.45. The van der Waals surface area contributed by atoms with Crippen LogP contribution in [0.2, 0.25) is 0 Å². The van der Waals surface area contributed by atoms with Crippen LogP contribution in [0.4, 0.5) is 10.2 Å². The Morgan fingerprint density at radius 1 is 0.862 bits per heavy atom. The van der Waals surface area contributed by atoms with Crippen LogP contribution in [0.1, 0.15) is 5.76 Å². The zero-order valence-corrected chi connectivity index (χ0v) is 15.0. The van der Waals surface area contributed by atoms with Gasteiger partial charge < -0.3 is 14.2 Å². The van der Waals surface area contributed by atoms with Crippen molar-refractivity contribution >= 4 is 16.7 Å². The molecule has 2 aromatic carbocycles. The standard InChI is InChI=1S/C21H14FN5O2/c22-14-9-7-13(8-10-14)20-26-27-21(29-20)19-24-17-6-2-1-5-16(17)18(25-19)23-12-15-4-3-11-28-15/h1-11H,12H2,(H,23,24,25). The number of aromatic nitrogens is 4. The molecule has 0 aliphatic carbocycles. The summed E-state index contributed by atoms with van der Waals surface area (Å²) in [5, 5.41) is 12.2. The van der Waals surface area contributed by atoms with E-state index in [0.29, 0.717) is 23.8 Å². The van der Waals surface area contributed by atoms with Crippen LogP contribution in [0.3, 0.4) is 0 Å². The van der Waals surface area contributed by atoms with Crippen molar-refractivity contribution in [3.63, 3.8) is 0 Å². The van der Waals surface area contributed by atoms with E-state index in [4.69, 9.17) is 8.83 Å². The Kier molecular flexibility index (Phi) is 4.21. The van der Waals surface area contributed by atoms with Crippen molar-refractivity contribution in [3.05, 3.63) is 78.5 Å². The van der Waals surface area contributed by atoms with E-state index in [1.165, 1.54) is 12.1 Å². The molecule has 0 atom stereocenters. The molecule has 0 spiro atoms. The lowest BCUT2D eigenvalue weighted by Gasteiger charge is -2.08. The first-order valence-corrected chi connectivity index (χ1v) is 8.89. The summed E-state index contributed by atoms with van der Waals surface area (Å²) in [6, 6.07) is 17.2. The molecule has 29 heavy (non-hydrogen) atoms. The lowest BCUT2D eigenvalue weighted by Crippen LogP contribution is -2.03. The monoisotopic (exact) mass is 387 g/mol. The smallest absolute Gasteiger partial charge is 0.286 e. The predicted molar refractivity (Wildman–Crippen MR) is 104 cm³/mol. The quantitative estimate of drug-likeness (QED) is 0.468. The van der Waals surface area contributed by atoms with E-state index in [-0.39, 0.29) is 17.6 Å². The summed E-state index contributed by atoms with van der Waals surface area (Å²) in [4.78, 5) is 9.11. The van der Waals surface area contributed by atoms with Gasteiger partial charge in [0.1, 0.15) is 17.4 Å². The number of hydrogen-bond acceptors (Lipinski definition) is 7. The molecule has 3 heterocycles. The topological polar surface area (TPSA) is 89.9 Å². The van der Waals surface area contributed by atoms with Crippen molar-refractivity contribution < 1.29 is 13.2 Å². The van der Waals surface area contributed by atoms with Gasteiger partial charge in [-0.05, 0) is 48.5 Å². The fourth-order valence-corrected chi connectivity index (χ4v) is 2.91. The van der Waals surface area contributed by atoms with Crippen molar-refractivity contribution in [2.75, 3.05) is 5.32 Å². The number of furan rings is 1. The maximum absolute atomic E-state index is 13.1. The Morgan fingerprint density at radius 2 is 1.69 bits per heavy atom. The number of anilines is 1. The van der Waals surface area contributed by atoms with E-state index in [9.17, 15) is 4.39 Å². The second-order valence-electron chi connectivity index (χ2n) is 6.27. The lowest BCUT2D eigenvalue weighted by molar-refractivity contribution is 0.518. The first-order valence-electron chi connectivity index (χ1n) is 8.89. The summed E-state index contributed by atoms with van der Waals surface area (Å²) >= 11 is 0. The number of para-hydroxylation sites is 1. The van der Waals surface area contributed by atoms with Crippen LogP contribution in [0, 0.1) is 5.82 Å². The van der Waals surface area contributed by atoms with Gasteiger partial charge in [-0.2, -0.15) is 0 Å². The van der Waals surface area contributed by atoms with Gasteiger partial charge in [-0.15, -0.1) is 10.2 Å². The zero-order chi connectivity index (χ0) is 19.6. The van der Waals surface area contributed by atoms with Gasteiger partial charge in [0.2, 0.25) is 11.7 Å². The normalized spacial score (nSPS) is 11.1. The van der Waals surface area contributed by atoms with Crippen molar-refractivity contribution in [1.82, 2.24) is 20.2 Å². The number of halogens is 1. The molecular formula is C21H14FN5O2. The van der Waals surface area contributed by atoms with Crippen LogP contribution in [0.15, 0.2) is 75.8 Å². The Bertz CT molecular complexity index is 1270. The third-order valence-corrected chi connectivity index (χ3v) is 4.32. The Hall–Kier alpha value is -4.07. The van der Waals surface area contributed by atoms with E-state index in [2.05, 4.69) is 25.5 Å². The van der Waals surface area contributed by atoms with Gasteiger partial charge in [-0.3, -0.25) is 0 Å². The minimum Gasteiger partial charge on any atom is -0.467 e. The molecule has 3 aromatic heterocycles. The third kappa shape index (κ3) is 3.43. The molecule has 5 rings (SSSR count). The first kappa shape index (κ1) is 17.1. The van der Waals surface area contributed by atoms with E-state index in [1.54, 1.807) is 18.4 Å². The number of benzene rings is 2. The van der Waals surface area contributed by atoms with Gasteiger partial charge >= 0.3 is 0 Å². The minimum absolute atomic E-state index is 0.177. The zero-order valence-electron chi connectivity index (χ0n) is 15.0. The Balaban J connectivity index is 1.52. The summed E-state index contributed by atoms with van der Waals surface area (Å²) in [5.74, 6) is 1.82. The summed E-state index contributed by atoms with van der Waals surface area (Å²) in [5.41, 5.74) is 1.35. The molecule has 0 bridgehead atoms. The van der Waals surface area contributed by atoms with Gasteiger partial charge in [-0.1, -0.05) is 12.1 Å². The molecule has 0 saturated carbocycles. The number of hydrogen-bond donors (Lipinski definition) is 1. The molecule has 0 unspecified atom stereocenters. The fourth-order valence-electron chi connectivity index (χ4n) is 2.91. The van der Waals surface area contributed by atoms with Crippen LogP contribution in [-0.2, 0) is 6.54 Å². The van der Waals surface area contributed by atoms with Crippen molar-refractivity contribution in [2.45, 2.75) is 6.54 Å². The maximum Gasteiger partial charge on any atom is 0.286 e. The highest BCUT2D eigenvalue weighted by Crippen LogP contribution is 2.27. The second-order valence-corrected chi connectivity index (χ2v) is 6.27. The highest BCUT2D eigenvalue weighted by molar-refractivity contribution is 5.90. The molecule has 0 radical (unpaired) electrons. The molecule has 0 aliphatic rings. The van der Waals surface area contributed by atoms with Crippen molar-refractivity contribution in [1.29, 1.82) is 0 Å². The third-order valence-electron chi connectivity index (χ3n) is 4.32. The van der Waals surface area contributed by atoms with E-state index in [1.807, 2.05) is 36.4 Å². The number of rotatable bonds is 5. The average molecular weight is 387 g/mol. The molecular weight excluding hydrogens is 373 g/mol.